The molecule has 0 aromatic carbocycles. The molecule has 0 aliphatic carbocycles. The van der Waals surface area contributed by atoms with Gasteiger partial charge in [0.05, 0.1) is 12.6 Å². The minimum Gasteiger partial charge on any atom is -0.202 e. The lowest BCUT2D eigenvalue weighted by Gasteiger charge is -2.07. The largest absolute Gasteiger partial charge is 0.277 e. The van der Waals surface area contributed by atoms with E-state index in [0.29, 0.717) is 6.54 Å². The van der Waals surface area contributed by atoms with Crippen molar-refractivity contribution in [3.8, 4) is 6.07 Å². The van der Waals surface area contributed by atoms with E-state index in [9.17, 15) is 8.42 Å². The highest BCUT2D eigenvalue weighted by Gasteiger charge is 2.07. The van der Waals surface area contributed by atoms with Gasteiger partial charge in [-0.3, -0.25) is 0 Å². The summed E-state index contributed by atoms with van der Waals surface area (Å²) in [6.07, 6.45) is 0. The molecule has 0 aliphatic rings. The molecule has 6 heteroatoms. The third kappa shape index (κ3) is 6.09. The average Bonchev–Trinajstić information content (AvgIpc) is 1.98. The summed E-state index contributed by atoms with van der Waals surface area (Å²) in [6, 6.07) is 1.68. The summed E-state index contributed by atoms with van der Waals surface area (Å²) >= 11 is 0. The molecule has 0 aromatic rings. The molecule has 0 unspecified atom stereocenters. The van der Waals surface area contributed by atoms with E-state index in [0.717, 1.165) is 0 Å². The van der Waals surface area contributed by atoms with Crippen LogP contribution in [0.1, 0.15) is 13.8 Å². The summed E-state index contributed by atoms with van der Waals surface area (Å²) in [5.41, 5.74) is 0. The van der Waals surface area contributed by atoms with Crippen LogP contribution in [0.5, 0.6) is 0 Å². The van der Waals surface area contributed by atoms with Gasteiger partial charge in [-0.15, -0.1) is 0 Å². The zero-order valence-electron chi connectivity index (χ0n) is 7.16. The second-order valence-corrected chi connectivity index (χ2v) is 4.31. The minimum atomic E-state index is -3.46. The smallest absolute Gasteiger partial charge is 0.202 e. The molecule has 0 bridgehead atoms. The van der Waals surface area contributed by atoms with Crippen molar-refractivity contribution in [2.75, 3.05) is 13.1 Å². The van der Waals surface area contributed by atoms with Gasteiger partial charge in [0, 0.05) is 6.54 Å². The first kappa shape index (κ1) is 11.4. The van der Waals surface area contributed by atoms with Crippen LogP contribution in [0.4, 0.5) is 0 Å². The molecule has 0 aliphatic heterocycles. The molecule has 0 amide bonds. The molecule has 0 atom stereocenters. The van der Waals surface area contributed by atoms with Crippen molar-refractivity contribution in [1.82, 2.24) is 9.44 Å². The van der Waals surface area contributed by atoms with Crippen LogP contribution in [0.2, 0.25) is 0 Å². The van der Waals surface area contributed by atoms with Crippen molar-refractivity contribution in [2.24, 2.45) is 5.92 Å². The monoisotopic (exact) mass is 191 g/mol. The Labute approximate surface area is 73.0 Å². The first-order chi connectivity index (χ1) is 5.48. The molecule has 0 spiro atoms. The Hall–Kier alpha value is -0.640. The zero-order valence-corrected chi connectivity index (χ0v) is 7.98. The van der Waals surface area contributed by atoms with Gasteiger partial charge >= 0.3 is 0 Å². The normalized spacial score (nSPS) is 11.5. The van der Waals surface area contributed by atoms with Crippen molar-refractivity contribution in [2.45, 2.75) is 13.8 Å². The van der Waals surface area contributed by atoms with Crippen molar-refractivity contribution in [1.29, 1.82) is 5.26 Å². The lowest BCUT2D eigenvalue weighted by molar-refractivity contribution is 0.551. The SMILES string of the molecule is CC(C)CNS(=O)(=O)NCC#N. The molecule has 70 valence electrons. The van der Waals surface area contributed by atoms with Crippen molar-refractivity contribution < 1.29 is 8.42 Å². The molecule has 0 fully saturated rings. The predicted molar refractivity (Wildman–Crippen MR) is 45.4 cm³/mol. The fourth-order valence-electron chi connectivity index (χ4n) is 0.455. The highest BCUT2D eigenvalue weighted by molar-refractivity contribution is 7.87. The highest BCUT2D eigenvalue weighted by atomic mass is 32.2. The minimum absolute atomic E-state index is 0.201. The van der Waals surface area contributed by atoms with Gasteiger partial charge in [-0.1, -0.05) is 13.8 Å². The Morgan fingerprint density at radius 1 is 1.42 bits per heavy atom. The van der Waals surface area contributed by atoms with Gasteiger partial charge in [-0.2, -0.15) is 18.4 Å². The number of nitrogens with one attached hydrogen (secondary N) is 2. The number of hydrogen-bond acceptors (Lipinski definition) is 3. The Balaban J connectivity index is 3.83. The van der Waals surface area contributed by atoms with Crippen LogP contribution in [0, 0.1) is 17.2 Å². The maximum absolute atomic E-state index is 10.9. The van der Waals surface area contributed by atoms with E-state index >= 15 is 0 Å². The molecule has 0 heterocycles. The molecule has 0 saturated heterocycles. The van der Waals surface area contributed by atoms with Gasteiger partial charge < -0.3 is 0 Å². The number of rotatable bonds is 5. The van der Waals surface area contributed by atoms with Gasteiger partial charge in [-0.25, -0.2) is 4.72 Å². The summed E-state index contributed by atoms with van der Waals surface area (Å²) in [6.45, 7) is 3.97. The Bertz CT molecular complexity index is 252. The van der Waals surface area contributed by atoms with Crippen LogP contribution in [-0.2, 0) is 10.2 Å². The molecule has 12 heavy (non-hydrogen) atoms. The van der Waals surface area contributed by atoms with Crippen LogP contribution in [0.25, 0.3) is 0 Å². The first-order valence-electron chi connectivity index (χ1n) is 3.59. The van der Waals surface area contributed by atoms with E-state index in [1.54, 1.807) is 6.07 Å². The lowest BCUT2D eigenvalue weighted by Crippen LogP contribution is -2.38. The van der Waals surface area contributed by atoms with Gasteiger partial charge in [-0.05, 0) is 5.92 Å². The fourth-order valence-corrected chi connectivity index (χ4v) is 1.36. The van der Waals surface area contributed by atoms with E-state index < -0.39 is 10.2 Å². The van der Waals surface area contributed by atoms with Crippen LogP contribution in [0.3, 0.4) is 0 Å². The van der Waals surface area contributed by atoms with Gasteiger partial charge in [0.2, 0.25) is 0 Å². The van der Waals surface area contributed by atoms with Crippen LogP contribution < -0.4 is 9.44 Å². The van der Waals surface area contributed by atoms with E-state index in [2.05, 4.69) is 9.44 Å². The van der Waals surface area contributed by atoms with E-state index in [1.807, 2.05) is 13.8 Å². The first-order valence-corrected chi connectivity index (χ1v) is 5.07. The van der Waals surface area contributed by atoms with Crippen LogP contribution in [-0.4, -0.2) is 21.5 Å². The van der Waals surface area contributed by atoms with Crippen molar-refractivity contribution in [3.05, 3.63) is 0 Å². The molecule has 2 N–H and O–H groups in total. The summed E-state index contributed by atoms with van der Waals surface area (Å²) in [5.74, 6) is 0.253. The van der Waals surface area contributed by atoms with Crippen molar-refractivity contribution >= 4 is 10.2 Å². The van der Waals surface area contributed by atoms with Crippen molar-refractivity contribution in [3.63, 3.8) is 0 Å². The molecular weight excluding hydrogens is 178 g/mol. The summed E-state index contributed by atoms with van der Waals surface area (Å²) < 4.78 is 26.2. The summed E-state index contributed by atoms with van der Waals surface area (Å²) in [5, 5.41) is 8.10. The van der Waals surface area contributed by atoms with Crippen LogP contribution in [0.15, 0.2) is 0 Å². The Morgan fingerprint density at radius 3 is 2.42 bits per heavy atom. The topological polar surface area (TPSA) is 82.0 Å². The van der Waals surface area contributed by atoms with Gasteiger partial charge in [0.25, 0.3) is 10.2 Å². The zero-order chi connectivity index (χ0) is 9.61. The van der Waals surface area contributed by atoms with E-state index in [4.69, 9.17) is 5.26 Å². The predicted octanol–water partition coefficient (Wildman–Crippen LogP) is -0.410. The number of nitriles is 1. The van der Waals surface area contributed by atoms with Crippen LogP contribution >= 0.6 is 0 Å². The molecule has 5 nitrogen and oxygen atoms in total. The average molecular weight is 191 g/mol. The second kappa shape index (κ2) is 5.09. The third-order valence-corrected chi connectivity index (χ3v) is 2.09. The molecular formula is C6H13N3O2S. The fraction of sp³-hybridized carbons (Fsp3) is 0.833. The Kier molecular flexibility index (Phi) is 4.81. The maximum atomic E-state index is 10.9. The second-order valence-electron chi connectivity index (χ2n) is 2.72. The summed E-state index contributed by atoms with van der Waals surface area (Å²) in [4.78, 5) is 0. The van der Waals surface area contributed by atoms with E-state index in [1.165, 1.54) is 0 Å². The maximum Gasteiger partial charge on any atom is 0.277 e. The molecule has 0 saturated carbocycles. The summed E-state index contributed by atoms with van der Waals surface area (Å²) in [7, 11) is -3.46. The lowest BCUT2D eigenvalue weighted by atomic mass is 10.2. The Morgan fingerprint density at radius 2 is 2.00 bits per heavy atom. The molecule has 0 rings (SSSR count). The quantitative estimate of drug-likeness (QED) is 0.579. The molecule has 0 radical (unpaired) electrons. The standard InChI is InChI=1S/C6H13N3O2S/c1-6(2)5-9-12(10,11)8-4-3-7/h6,8-9H,4-5H2,1-2H3. The highest BCUT2D eigenvalue weighted by Crippen LogP contribution is 1.88. The third-order valence-electron chi connectivity index (χ3n) is 1.02. The van der Waals surface area contributed by atoms with E-state index in [-0.39, 0.29) is 12.5 Å². The number of nitrogens with zero attached hydrogens (tertiary/aromatic N) is 1. The molecule has 0 aromatic heterocycles. The van der Waals surface area contributed by atoms with Gasteiger partial charge in [0.15, 0.2) is 0 Å². The van der Waals surface area contributed by atoms with Gasteiger partial charge in [0.1, 0.15) is 0 Å². The number of hydrogen-bond donors (Lipinski definition) is 2.